The van der Waals surface area contributed by atoms with Gasteiger partial charge in [0.1, 0.15) is 0 Å². The average molecular weight is 195 g/mol. The predicted molar refractivity (Wildman–Crippen MR) is 60.4 cm³/mol. The van der Waals surface area contributed by atoms with E-state index in [1.807, 2.05) is 0 Å². The quantitative estimate of drug-likeness (QED) is 0.735. The maximum atomic E-state index is 3.34. The first kappa shape index (κ1) is 11.3. The summed E-state index contributed by atoms with van der Waals surface area (Å²) in [7, 11) is 4.21. The van der Waals surface area contributed by atoms with Gasteiger partial charge in [-0.15, -0.1) is 0 Å². The minimum atomic E-state index is 0.969. The average Bonchev–Trinajstić information content (AvgIpc) is 2.58. The third kappa shape index (κ3) is 3.52. The highest BCUT2D eigenvalue weighted by molar-refractivity contribution is 5.06. The van der Waals surface area contributed by atoms with Crippen LogP contribution in [-0.2, 0) is 13.1 Å². The van der Waals surface area contributed by atoms with Gasteiger partial charge < -0.3 is 14.8 Å². The Kier molecular flexibility index (Phi) is 4.70. The Bertz CT molecular complexity index is 253. The highest BCUT2D eigenvalue weighted by Gasteiger charge is 1.99. The van der Waals surface area contributed by atoms with E-state index in [-0.39, 0.29) is 0 Å². The number of hydrogen-bond acceptors (Lipinski definition) is 2. The first-order chi connectivity index (χ1) is 6.74. The molecule has 0 aliphatic carbocycles. The third-order valence-electron chi connectivity index (χ3n) is 2.27. The molecule has 0 spiro atoms. The fraction of sp³-hybridized carbons (Fsp3) is 0.636. The summed E-state index contributed by atoms with van der Waals surface area (Å²) in [5, 5.41) is 3.34. The zero-order chi connectivity index (χ0) is 10.4. The highest BCUT2D eigenvalue weighted by Crippen LogP contribution is 2.01. The standard InChI is InChI=1S/C11H21N3/c1-4-12-10-11-6-5-7-14(11)9-8-13(2)3/h5-7,12H,4,8-10H2,1-3H3. The van der Waals surface area contributed by atoms with Crippen molar-refractivity contribution in [3.8, 4) is 0 Å². The number of likely N-dealkylation sites (N-methyl/N-ethyl adjacent to an activating group) is 1. The van der Waals surface area contributed by atoms with E-state index in [9.17, 15) is 0 Å². The molecule has 0 aliphatic rings. The van der Waals surface area contributed by atoms with Gasteiger partial charge in [0.05, 0.1) is 0 Å². The van der Waals surface area contributed by atoms with Crippen LogP contribution in [0.4, 0.5) is 0 Å². The Morgan fingerprint density at radius 1 is 1.43 bits per heavy atom. The van der Waals surface area contributed by atoms with Crippen LogP contribution in [0.3, 0.4) is 0 Å². The van der Waals surface area contributed by atoms with Crippen LogP contribution in [0, 0.1) is 0 Å². The molecule has 1 N–H and O–H groups in total. The zero-order valence-corrected chi connectivity index (χ0v) is 9.45. The number of nitrogens with zero attached hydrogens (tertiary/aromatic N) is 2. The lowest BCUT2D eigenvalue weighted by molar-refractivity contribution is 0.380. The molecule has 1 rings (SSSR count). The van der Waals surface area contributed by atoms with Crippen LogP contribution >= 0.6 is 0 Å². The molecule has 0 bridgehead atoms. The van der Waals surface area contributed by atoms with Gasteiger partial charge in [0.2, 0.25) is 0 Å². The molecule has 0 amide bonds. The molecule has 3 nitrogen and oxygen atoms in total. The van der Waals surface area contributed by atoms with Gasteiger partial charge in [0.25, 0.3) is 0 Å². The molecule has 0 saturated heterocycles. The fourth-order valence-corrected chi connectivity index (χ4v) is 1.39. The van der Waals surface area contributed by atoms with E-state index in [0.717, 1.165) is 26.2 Å². The lowest BCUT2D eigenvalue weighted by Crippen LogP contribution is -2.21. The maximum absolute atomic E-state index is 3.34. The highest BCUT2D eigenvalue weighted by atomic mass is 15.1. The minimum absolute atomic E-state index is 0.969. The van der Waals surface area contributed by atoms with Gasteiger partial charge >= 0.3 is 0 Å². The monoisotopic (exact) mass is 195 g/mol. The van der Waals surface area contributed by atoms with Crippen molar-refractivity contribution in [2.45, 2.75) is 20.0 Å². The summed E-state index contributed by atoms with van der Waals surface area (Å²) in [5.74, 6) is 0. The number of rotatable bonds is 6. The molecule has 0 fully saturated rings. The van der Waals surface area contributed by atoms with E-state index in [2.05, 4.69) is 54.1 Å². The molecular formula is C11H21N3. The molecule has 80 valence electrons. The Balaban J connectivity index is 2.45. The van der Waals surface area contributed by atoms with Crippen LogP contribution in [0.2, 0.25) is 0 Å². The lowest BCUT2D eigenvalue weighted by Gasteiger charge is -2.13. The molecule has 1 aromatic heterocycles. The second-order valence-corrected chi connectivity index (χ2v) is 3.78. The van der Waals surface area contributed by atoms with Crippen molar-refractivity contribution in [1.29, 1.82) is 0 Å². The second kappa shape index (κ2) is 5.83. The zero-order valence-electron chi connectivity index (χ0n) is 9.45. The molecule has 0 aliphatic heterocycles. The molecule has 1 heterocycles. The van der Waals surface area contributed by atoms with E-state index >= 15 is 0 Å². The first-order valence-electron chi connectivity index (χ1n) is 5.23. The Morgan fingerprint density at radius 2 is 2.21 bits per heavy atom. The van der Waals surface area contributed by atoms with Crippen molar-refractivity contribution < 1.29 is 0 Å². The smallest absolute Gasteiger partial charge is 0.0359 e. The molecule has 14 heavy (non-hydrogen) atoms. The van der Waals surface area contributed by atoms with Gasteiger partial charge in [-0.1, -0.05) is 6.92 Å². The Morgan fingerprint density at radius 3 is 2.86 bits per heavy atom. The van der Waals surface area contributed by atoms with Crippen LogP contribution in [0.5, 0.6) is 0 Å². The minimum Gasteiger partial charge on any atom is -0.349 e. The number of aromatic nitrogens is 1. The van der Waals surface area contributed by atoms with E-state index in [4.69, 9.17) is 0 Å². The Hall–Kier alpha value is -0.800. The van der Waals surface area contributed by atoms with Crippen LogP contribution in [-0.4, -0.2) is 36.7 Å². The van der Waals surface area contributed by atoms with Crippen molar-refractivity contribution in [3.63, 3.8) is 0 Å². The SMILES string of the molecule is CCNCc1cccn1CCN(C)C. The number of hydrogen-bond donors (Lipinski definition) is 1. The summed E-state index contributed by atoms with van der Waals surface area (Å²) >= 11 is 0. The largest absolute Gasteiger partial charge is 0.349 e. The van der Waals surface area contributed by atoms with Gasteiger partial charge in [0, 0.05) is 31.5 Å². The van der Waals surface area contributed by atoms with Crippen molar-refractivity contribution in [1.82, 2.24) is 14.8 Å². The first-order valence-corrected chi connectivity index (χ1v) is 5.23. The third-order valence-corrected chi connectivity index (χ3v) is 2.27. The summed E-state index contributed by atoms with van der Waals surface area (Å²) in [6, 6.07) is 4.29. The molecular weight excluding hydrogens is 174 g/mol. The van der Waals surface area contributed by atoms with Crippen molar-refractivity contribution >= 4 is 0 Å². The van der Waals surface area contributed by atoms with E-state index in [0.29, 0.717) is 0 Å². The molecule has 0 atom stereocenters. The van der Waals surface area contributed by atoms with Crippen LogP contribution in [0.1, 0.15) is 12.6 Å². The molecule has 0 saturated carbocycles. The van der Waals surface area contributed by atoms with Crippen molar-refractivity contribution in [2.24, 2.45) is 0 Å². The van der Waals surface area contributed by atoms with Gasteiger partial charge in [-0.3, -0.25) is 0 Å². The molecule has 0 aromatic carbocycles. The normalized spacial score (nSPS) is 11.1. The molecule has 0 radical (unpaired) electrons. The van der Waals surface area contributed by atoms with E-state index in [1.54, 1.807) is 0 Å². The predicted octanol–water partition coefficient (Wildman–Crippen LogP) is 1.16. The lowest BCUT2D eigenvalue weighted by atomic mass is 10.4. The topological polar surface area (TPSA) is 20.2 Å². The van der Waals surface area contributed by atoms with Crippen molar-refractivity contribution in [2.75, 3.05) is 27.2 Å². The fourth-order valence-electron chi connectivity index (χ4n) is 1.39. The van der Waals surface area contributed by atoms with Gasteiger partial charge in [0.15, 0.2) is 0 Å². The van der Waals surface area contributed by atoms with Gasteiger partial charge in [-0.2, -0.15) is 0 Å². The second-order valence-electron chi connectivity index (χ2n) is 3.78. The summed E-state index contributed by atoms with van der Waals surface area (Å²) in [6.45, 7) is 6.29. The van der Waals surface area contributed by atoms with Crippen molar-refractivity contribution in [3.05, 3.63) is 24.0 Å². The van der Waals surface area contributed by atoms with Crippen LogP contribution < -0.4 is 5.32 Å². The molecule has 0 unspecified atom stereocenters. The summed E-state index contributed by atoms with van der Waals surface area (Å²) in [4.78, 5) is 2.21. The Labute approximate surface area is 86.7 Å². The van der Waals surface area contributed by atoms with Crippen LogP contribution in [0.25, 0.3) is 0 Å². The molecule has 3 heteroatoms. The van der Waals surface area contributed by atoms with Crippen LogP contribution in [0.15, 0.2) is 18.3 Å². The number of nitrogens with one attached hydrogen (secondary N) is 1. The van der Waals surface area contributed by atoms with Gasteiger partial charge in [-0.25, -0.2) is 0 Å². The summed E-state index contributed by atoms with van der Waals surface area (Å²) in [6.07, 6.45) is 2.15. The van der Waals surface area contributed by atoms with Gasteiger partial charge in [-0.05, 0) is 32.8 Å². The maximum Gasteiger partial charge on any atom is 0.0359 e. The summed E-state index contributed by atoms with van der Waals surface area (Å²) < 4.78 is 2.31. The van der Waals surface area contributed by atoms with E-state index < -0.39 is 0 Å². The van der Waals surface area contributed by atoms with E-state index in [1.165, 1.54) is 5.69 Å². The summed E-state index contributed by atoms with van der Waals surface area (Å²) in [5.41, 5.74) is 1.37. The molecule has 1 aromatic rings.